The molecule has 0 atom stereocenters. The van der Waals surface area contributed by atoms with Crippen LogP contribution in [0.25, 0.3) is 0 Å². The molecule has 9 heavy (non-hydrogen) atoms. The Labute approximate surface area is 67.3 Å². The molecule has 0 aliphatic carbocycles. The third-order valence-electron chi connectivity index (χ3n) is 0.865. The maximum absolute atomic E-state index is 3.03. The molecule has 1 heterocycles. The first-order valence-corrected chi connectivity index (χ1v) is 2.33. The van der Waals surface area contributed by atoms with Crippen LogP contribution in [0.15, 0.2) is 24.4 Å². The van der Waals surface area contributed by atoms with E-state index in [0.717, 1.165) is 0 Å². The molecular weight excluding hydrogens is 157 g/mol. The summed E-state index contributed by atoms with van der Waals surface area (Å²) in [6, 6.07) is 6.00. The van der Waals surface area contributed by atoms with E-state index in [9.17, 15) is 0 Å². The highest BCUT2D eigenvalue weighted by atomic mass is 35.5. The summed E-state index contributed by atoms with van der Waals surface area (Å²) < 4.78 is 0. The van der Waals surface area contributed by atoms with Crippen LogP contribution in [0.1, 0.15) is 5.69 Å². The molecule has 0 aliphatic heterocycles. The molecule has 1 aromatic heterocycles. The number of hydrogen-bond acceptors (Lipinski definition) is 0. The normalized spacial score (nSPS) is 6.78. The van der Waals surface area contributed by atoms with Gasteiger partial charge in [0.15, 0.2) is 11.9 Å². The van der Waals surface area contributed by atoms with Gasteiger partial charge < -0.3 is 12.4 Å². The second kappa shape index (κ2) is 5.86. The highest BCUT2D eigenvalue weighted by Gasteiger charge is 1.81. The summed E-state index contributed by atoms with van der Waals surface area (Å²) in [7, 11) is 0. The van der Waals surface area contributed by atoms with Crippen molar-refractivity contribution in [3.05, 3.63) is 30.1 Å². The van der Waals surface area contributed by atoms with Crippen molar-refractivity contribution in [2.75, 3.05) is 0 Å². The van der Waals surface area contributed by atoms with E-state index in [4.69, 9.17) is 0 Å². The van der Waals surface area contributed by atoms with E-state index < -0.39 is 0 Å². The van der Waals surface area contributed by atoms with Crippen molar-refractivity contribution in [1.29, 1.82) is 0 Å². The molecule has 1 rings (SSSR count). The van der Waals surface area contributed by atoms with Crippen LogP contribution in [0.4, 0.5) is 0 Å². The van der Waals surface area contributed by atoms with E-state index in [1.165, 1.54) is 5.69 Å². The fourth-order valence-corrected chi connectivity index (χ4v) is 0.483. The minimum absolute atomic E-state index is 0. The third kappa shape index (κ3) is 4.25. The number of aryl methyl sites for hydroxylation is 1. The van der Waals surface area contributed by atoms with Crippen LogP contribution in [-0.4, -0.2) is 0 Å². The average molecular weight is 166 g/mol. The molecule has 52 valence electrons. The van der Waals surface area contributed by atoms with Gasteiger partial charge in [-0.1, -0.05) is 6.07 Å². The lowest BCUT2D eigenvalue weighted by Crippen LogP contribution is -3.00. The zero-order valence-electron chi connectivity index (χ0n) is 5.10. The topological polar surface area (TPSA) is 14.1 Å². The zero-order chi connectivity index (χ0) is 5.11. The molecule has 0 unspecified atom stereocenters. The minimum atomic E-state index is 0. The van der Waals surface area contributed by atoms with Gasteiger partial charge in [0.25, 0.3) is 0 Å². The molecule has 0 aliphatic rings. The number of pyridine rings is 1. The van der Waals surface area contributed by atoms with Crippen molar-refractivity contribution in [2.24, 2.45) is 0 Å². The second-order valence-electron chi connectivity index (χ2n) is 1.55. The Morgan fingerprint density at radius 1 is 1.33 bits per heavy atom. The van der Waals surface area contributed by atoms with Crippen LogP contribution < -0.4 is 17.4 Å². The molecule has 0 spiro atoms. The van der Waals surface area contributed by atoms with E-state index in [1.807, 2.05) is 31.3 Å². The average Bonchev–Trinajstić information content (AvgIpc) is 1.69. The third-order valence-corrected chi connectivity index (χ3v) is 0.865. The Morgan fingerprint density at radius 3 is 2.22 bits per heavy atom. The molecule has 3 heteroatoms. The minimum Gasteiger partial charge on any atom is -1.00 e. The molecule has 1 aromatic rings. The fourth-order valence-electron chi connectivity index (χ4n) is 0.483. The van der Waals surface area contributed by atoms with Crippen molar-refractivity contribution >= 4 is 12.4 Å². The largest absolute Gasteiger partial charge is 1.00 e. The van der Waals surface area contributed by atoms with E-state index in [0.29, 0.717) is 0 Å². The van der Waals surface area contributed by atoms with Crippen LogP contribution in [0.5, 0.6) is 0 Å². The Hall–Kier alpha value is -0.270. The van der Waals surface area contributed by atoms with Gasteiger partial charge in [0.1, 0.15) is 0 Å². The number of rotatable bonds is 0. The van der Waals surface area contributed by atoms with Crippen LogP contribution in [-0.2, 0) is 0 Å². The molecule has 0 bridgehead atoms. The van der Waals surface area contributed by atoms with Gasteiger partial charge >= 0.3 is 0 Å². The predicted octanol–water partition coefficient (Wildman–Crippen LogP) is -1.77. The van der Waals surface area contributed by atoms with Gasteiger partial charge in [-0.2, -0.15) is 0 Å². The maximum Gasteiger partial charge on any atom is 0.176 e. The first-order valence-electron chi connectivity index (χ1n) is 2.33. The first kappa shape index (κ1) is 11.5. The van der Waals surface area contributed by atoms with Gasteiger partial charge in [-0.25, -0.2) is 4.98 Å². The van der Waals surface area contributed by atoms with Crippen molar-refractivity contribution in [3.8, 4) is 0 Å². The first-order chi connectivity index (χ1) is 3.39. The van der Waals surface area contributed by atoms with E-state index >= 15 is 0 Å². The van der Waals surface area contributed by atoms with Crippen molar-refractivity contribution < 1.29 is 17.4 Å². The van der Waals surface area contributed by atoms with Gasteiger partial charge in [0.05, 0.1) is 0 Å². The Kier molecular flexibility index (Phi) is 7.50. The summed E-state index contributed by atoms with van der Waals surface area (Å²) in [5, 5.41) is 0. The van der Waals surface area contributed by atoms with Gasteiger partial charge in [-0.15, -0.1) is 12.4 Å². The van der Waals surface area contributed by atoms with Gasteiger partial charge in [0.2, 0.25) is 0 Å². The Balaban J connectivity index is 0. The standard InChI is InChI=1S/C6H7N.2ClH/c1-6-4-2-3-5-7-6;;/h2-5H,1H3;2*1H. The second-order valence-corrected chi connectivity index (χ2v) is 1.55. The molecule has 1 N–H and O–H groups in total. The summed E-state index contributed by atoms with van der Waals surface area (Å²) >= 11 is 0. The van der Waals surface area contributed by atoms with E-state index in [1.54, 1.807) is 0 Å². The van der Waals surface area contributed by atoms with E-state index in [-0.39, 0.29) is 24.8 Å². The summed E-state index contributed by atoms with van der Waals surface area (Å²) in [5.74, 6) is 0. The molecular formula is C6H9Cl2N. The molecule has 0 aromatic carbocycles. The van der Waals surface area contributed by atoms with Gasteiger partial charge in [-0.3, -0.25) is 0 Å². The quantitative estimate of drug-likeness (QED) is 0.433. The van der Waals surface area contributed by atoms with Gasteiger partial charge in [-0.05, 0) is 0 Å². The lowest BCUT2D eigenvalue weighted by atomic mass is 10.4. The Morgan fingerprint density at radius 2 is 2.00 bits per heavy atom. The smallest absolute Gasteiger partial charge is 0.176 e. The number of halogens is 2. The number of aromatic amines is 1. The molecule has 0 radical (unpaired) electrons. The number of aromatic nitrogens is 1. The summed E-state index contributed by atoms with van der Waals surface area (Å²) in [5.41, 5.74) is 1.20. The molecule has 0 fully saturated rings. The number of nitrogens with one attached hydrogen (secondary N) is 1. The molecule has 0 saturated heterocycles. The van der Waals surface area contributed by atoms with Crippen molar-refractivity contribution in [1.82, 2.24) is 0 Å². The van der Waals surface area contributed by atoms with Crippen LogP contribution in [0.3, 0.4) is 0 Å². The zero-order valence-corrected chi connectivity index (χ0v) is 6.67. The molecule has 0 amide bonds. The molecule has 0 saturated carbocycles. The maximum atomic E-state index is 3.03. The molecule has 1 nitrogen and oxygen atoms in total. The van der Waals surface area contributed by atoms with Gasteiger partial charge in [0, 0.05) is 19.1 Å². The SMILES string of the molecule is Cc1cccc[nH+]1.Cl.[Cl-]. The lowest BCUT2D eigenvalue weighted by Gasteiger charge is -1.74. The van der Waals surface area contributed by atoms with Crippen LogP contribution in [0, 0.1) is 6.92 Å². The highest BCUT2D eigenvalue weighted by molar-refractivity contribution is 5.85. The number of hydrogen-bond donors (Lipinski definition) is 0. The summed E-state index contributed by atoms with van der Waals surface area (Å²) in [6.45, 7) is 2.03. The van der Waals surface area contributed by atoms with E-state index in [2.05, 4.69) is 4.98 Å². The van der Waals surface area contributed by atoms with Crippen molar-refractivity contribution in [2.45, 2.75) is 6.92 Å². The summed E-state index contributed by atoms with van der Waals surface area (Å²) in [6.07, 6.45) is 1.91. The predicted molar refractivity (Wildman–Crippen MR) is 35.0 cm³/mol. The van der Waals surface area contributed by atoms with Crippen molar-refractivity contribution in [3.63, 3.8) is 0 Å². The van der Waals surface area contributed by atoms with Crippen LogP contribution in [0.2, 0.25) is 0 Å². The monoisotopic (exact) mass is 165 g/mol. The summed E-state index contributed by atoms with van der Waals surface area (Å²) in [4.78, 5) is 3.03. The fraction of sp³-hybridized carbons (Fsp3) is 0.167. The highest BCUT2D eigenvalue weighted by Crippen LogP contribution is 1.80. The lowest BCUT2D eigenvalue weighted by molar-refractivity contribution is -0.387. The number of H-pyrrole nitrogens is 1. The van der Waals surface area contributed by atoms with Crippen LogP contribution >= 0.6 is 12.4 Å². The Bertz CT molecular complexity index is 141.